The minimum atomic E-state index is -0.662. The highest BCUT2D eigenvalue weighted by Gasteiger charge is 2.23. The molecule has 1 heterocycles. The second-order valence-corrected chi connectivity index (χ2v) is 7.39. The van der Waals surface area contributed by atoms with Crippen molar-refractivity contribution in [1.82, 2.24) is 25.0 Å². The van der Waals surface area contributed by atoms with E-state index in [4.69, 9.17) is 4.74 Å². The van der Waals surface area contributed by atoms with Crippen molar-refractivity contribution < 1.29 is 14.3 Å². The van der Waals surface area contributed by atoms with Crippen LogP contribution in [0.3, 0.4) is 0 Å². The Bertz CT molecular complexity index is 1060. The molecule has 1 aromatic heterocycles. The largest absolute Gasteiger partial charge is 0.497 e. The van der Waals surface area contributed by atoms with Gasteiger partial charge < -0.3 is 15.0 Å². The van der Waals surface area contributed by atoms with E-state index in [-0.39, 0.29) is 17.9 Å². The highest BCUT2D eigenvalue weighted by Crippen LogP contribution is 2.21. The van der Waals surface area contributed by atoms with Crippen molar-refractivity contribution in [1.29, 1.82) is 0 Å². The lowest BCUT2D eigenvalue weighted by Gasteiger charge is -2.28. The maximum Gasteiger partial charge on any atom is 0.245 e. The number of carbonyl (C=O) groups excluding carboxylic acids is 2. The monoisotopic (exact) mass is 433 g/mol. The molecular weight excluding hydrogens is 406 g/mol. The molecule has 0 aliphatic carbocycles. The Hall–Kier alpha value is -3.94. The zero-order valence-corrected chi connectivity index (χ0v) is 18.6. The Morgan fingerprint density at radius 2 is 1.78 bits per heavy atom. The number of amides is 2. The Morgan fingerprint density at radius 3 is 2.38 bits per heavy atom. The van der Waals surface area contributed by atoms with Gasteiger partial charge in [0.05, 0.1) is 18.8 Å². The summed E-state index contributed by atoms with van der Waals surface area (Å²) in [5.41, 5.74) is 2.72. The fraction of sp³-hybridized carbons (Fsp3) is 0.250. The van der Waals surface area contributed by atoms with Crippen molar-refractivity contribution in [3.63, 3.8) is 0 Å². The van der Waals surface area contributed by atoms with E-state index in [1.807, 2.05) is 55.5 Å². The second kappa shape index (κ2) is 10.4. The van der Waals surface area contributed by atoms with E-state index in [1.165, 1.54) is 12.4 Å². The van der Waals surface area contributed by atoms with Crippen LogP contribution in [0.25, 0.3) is 11.8 Å². The smallest absolute Gasteiger partial charge is 0.245 e. The van der Waals surface area contributed by atoms with Crippen molar-refractivity contribution in [2.45, 2.75) is 25.9 Å². The first-order valence-electron chi connectivity index (χ1n) is 10.2. The van der Waals surface area contributed by atoms with Gasteiger partial charge in [-0.1, -0.05) is 24.3 Å². The van der Waals surface area contributed by atoms with Crippen LogP contribution >= 0.6 is 0 Å². The van der Waals surface area contributed by atoms with Crippen molar-refractivity contribution in [2.24, 2.45) is 0 Å². The Morgan fingerprint density at radius 1 is 1.09 bits per heavy atom. The summed E-state index contributed by atoms with van der Waals surface area (Å²) in [4.78, 5) is 30.7. The van der Waals surface area contributed by atoms with E-state index in [2.05, 4.69) is 15.4 Å². The summed E-state index contributed by atoms with van der Waals surface area (Å²) in [5, 5.41) is 6.83. The van der Waals surface area contributed by atoms with Crippen molar-refractivity contribution >= 4 is 17.9 Å². The third-order valence-corrected chi connectivity index (χ3v) is 5.26. The molecule has 3 aromatic rings. The molecule has 8 nitrogen and oxygen atoms in total. The number of likely N-dealkylation sites (N-methyl/N-ethyl adjacent to an activating group) is 1. The van der Waals surface area contributed by atoms with Gasteiger partial charge in [0.1, 0.15) is 24.4 Å². The van der Waals surface area contributed by atoms with Crippen LogP contribution in [0.2, 0.25) is 0 Å². The van der Waals surface area contributed by atoms with Gasteiger partial charge in [0.25, 0.3) is 0 Å². The minimum Gasteiger partial charge on any atom is -0.497 e. The van der Waals surface area contributed by atoms with Crippen LogP contribution in [0.15, 0.2) is 67.3 Å². The van der Waals surface area contributed by atoms with E-state index in [0.29, 0.717) is 0 Å². The maximum absolute atomic E-state index is 12.8. The molecule has 0 aliphatic rings. The lowest BCUT2D eigenvalue weighted by Crippen LogP contribution is -2.45. The summed E-state index contributed by atoms with van der Waals surface area (Å²) in [5.74, 6) is 0.236. The SMILES string of the molecule is COc1ccc(/C=C/C(=O)NC(C)C(=O)N(C)C(C)c2ccc(-n3cncn3)cc2)cc1. The highest BCUT2D eigenvalue weighted by molar-refractivity contribution is 5.95. The molecule has 0 bridgehead atoms. The van der Waals surface area contributed by atoms with Crippen LogP contribution in [0.4, 0.5) is 0 Å². The molecule has 32 heavy (non-hydrogen) atoms. The zero-order chi connectivity index (χ0) is 23.1. The summed E-state index contributed by atoms with van der Waals surface area (Å²) in [6.45, 7) is 3.62. The number of rotatable bonds is 8. The Balaban J connectivity index is 1.56. The molecular formula is C24H27N5O3. The number of nitrogens with one attached hydrogen (secondary N) is 1. The molecule has 2 atom stereocenters. The predicted molar refractivity (Wildman–Crippen MR) is 122 cm³/mol. The van der Waals surface area contributed by atoms with Crippen LogP contribution in [-0.4, -0.2) is 51.7 Å². The van der Waals surface area contributed by atoms with Crippen molar-refractivity contribution in [3.8, 4) is 11.4 Å². The predicted octanol–water partition coefficient (Wildman–Crippen LogP) is 3.01. The fourth-order valence-electron chi connectivity index (χ4n) is 3.18. The molecule has 0 fully saturated rings. The van der Waals surface area contributed by atoms with Crippen LogP contribution in [-0.2, 0) is 9.59 Å². The number of hydrogen-bond donors (Lipinski definition) is 1. The quantitative estimate of drug-likeness (QED) is 0.552. The number of nitrogens with zero attached hydrogens (tertiary/aromatic N) is 4. The number of benzene rings is 2. The summed E-state index contributed by atoms with van der Waals surface area (Å²) in [7, 11) is 3.33. The highest BCUT2D eigenvalue weighted by atomic mass is 16.5. The third-order valence-electron chi connectivity index (χ3n) is 5.26. The molecule has 0 aliphatic heterocycles. The van der Waals surface area contributed by atoms with Crippen molar-refractivity contribution in [2.75, 3.05) is 14.2 Å². The van der Waals surface area contributed by atoms with E-state index in [0.717, 1.165) is 22.6 Å². The summed E-state index contributed by atoms with van der Waals surface area (Å²) in [6.07, 6.45) is 6.21. The summed E-state index contributed by atoms with van der Waals surface area (Å²) < 4.78 is 6.79. The van der Waals surface area contributed by atoms with Crippen LogP contribution in [0.1, 0.15) is 31.0 Å². The van der Waals surface area contributed by atoms with E-state index >= 15 is 0 Å². The maximum atomic E-state index is 12.8. The standard InChI is InChI=1S/C24H27N5O3/c1-17(27-23(30)14-7-19-5-12-22(32-4)13-6-19)24(31)28(3)18(2)20-8-10-21(11-9-20)29-16-25-15-26-29/h5-18H,1-4H3,(H,27,30)/b14-7+. The van der Waals surface area contributed by atoms with Gasteiger partial charge in [-0.25, -0.2) is 9.67 Å². The van der Waals surface area contributed by atoms with Gasteiger partial charge in [0.2, 0.25) is 11.8 Å². The molecule has 8 heteroatoms. The molecule has 1 N–H and O–H groups in total. The fourth-order valence-corrected chi connectivity index (χ4v) is 3.18. The summed E-state index contributed by atoms with van der Waals surface area (Å²) >= 11 is 0. The molecule has 2 amide bonds. The first-order valence-corrected chi connectivity index (χ1v) is 10.2. The number of ether oxygens (including phenoxy) is 1. The van der Waals surface area contributed by atoms with Gasteiger partial charge in [-0.2, -0.15) is 5.10 Å². The van der Waals surface area contributed by atoms with Crippen LogP contribution in [0.5, 0.6) is 5.75 Å². The van der Waals surface area contributed by atoms with E-state index < -0.39 is 6.04 Å². The first-order chi connectivity index (χ1) is 15.4. The Kier molecular flexibility index (Phi) is 7.38. The summed E-state index contributed by atoms with van der Waals surface area (Å²) in [6, 6.07) is 14.3. The van der Waals surface area contributed by atoms with Gasteiger partial charge in [-0.3, -0.25) is 9.59 Å². The van der Waals surface area contributed by atoms with Crippen molar-refractivity contribution in [3.05, 3.63) is 78.4 Å². The third kappa shape index (κ3) is 5.60. The van der Waals surface area contributed by atoms with E-state index in [1.54, 1.807) is 43.1 Å². The molecule has 0 radical (unpaired) electrons. The molecule has 0 spiro atoms. The number of aromatic nitrogens is 3. The van der Waals surface area contributed by atoms with Gasteiger partial charge in [0, 0.05) is 13.1 Å². The van der Waals surface area contributed by atoms with Gasteiger partial charge >= 0.3 is 0 Å². The topological polar surface area (TPSA) is 89.4 Å². The molecule has 166 valence electrons. The number of methoxy groups -OCH3 is 1. The molecule has 0 saturated heterocycles. The number of carbonyl (C=O) groups is 2. The normalized spacial score (nSPS) is 12.9. The van der Waals surface area contributed by atoms with Gasteiger partial charge in [0.15, 0.2) is 0 Å². The van der Waals surface area contributed by atoms with Gasteiger partial charge in [-0.15, -0.1) is 0 Å². The first kappa shape index (κ1) is 22.7. The molecule has 2 unspecified atom stereocenters. The molecule has 2 aromatic carbocycles. The molecule has 3 rings (SSSR count). The lowest BCUT2D eigenvalue weighted by atomic mass is 10.1. The average Bonchev–Trinajstić information content (AvgIpc) is 3.36. The van der Waals surface area contributed by atoms with Crippen LogP contribution < -0.4 is 10.1 Å². The zero-order valence-electron chi connectivity index (χ0n) is 18.6. The van der Waals surface area contributed by atoms with E-state index in [9.17, 15) is 9.59 Å². The number of hydrogen-bond acceptors (Lipinski definition) is 5. The van der Waals surface area contributed by atoms with Gasteiger partial charge in [-0.05, 0) is 55.3 Å². The molecule has 0 saturated carbocycles. The Labute approximate surface area is 187 Å². The van der Waals surface area contributed by atoms with Crippen LogP contribution in [0, 0.1) is 0 Å². The lowest BCUT2D eigenvalue weighted by molar-refractivity contribution is -0.135. The minimum absolute atomic E-state index is 0.165. The average molecular weight is 434 g/mol. The second-order valence-electron chi connectivity index (χ2n) is 7.39.